The molecule has 0 saturated heterocycles. The van der Waals surface area contributed by atoms with Gasteiger partial charge >= 0.3 is 5.97 Å². The number of nitrogens with one attached hydrogen (secondary N) is 1. The molecule has 2 heterocycles. The Bertz CT molecular complexity index is 1230. The normalized spacial score (nSPS) is 10.9. The highest BCUT2D eigenvalue weighted by Gasteiger charge is 2.21. The van der Waals surface area contributed by atoms with Gasteiger partial charge in [0.05, 0.1) is 25.6 Å². The molecule has 0 fully saturated rings. The molecule has 7 heteroatoms. The van der Waals surface area contributed by atoms with Crippen LogP contribution in [0.3, 0.4) is 0 Å². The van der Waals surface area contributed by atoms with Crippen LogP contribution in [0, 0.1) is 5.92 Å². The van der Waals surface area contributed by atoms with Crippen LogP contribution in [-0.2, 0) is 11.2 Å². The minimum Gasteiger partial charge on any atom is -0.497 e. The predicted octanol–water partition coefficient (Wildman–Crippen LogP) is 7.28. The molecule has 2 aromatic heterocycles. The second-order valence-corrected chi connectivity index (χ2v) is 10.1. The number of benzene rings is 2. The first-order valence-corrected chi connectivity index (χ1v) is 12.3. The van der Waals surface area contributed by atoms with E-state index in [4.69, 9.17) is 14.5 Å². The van der Waals surface area contributed by atoms with E-state index < -0.39 is 0 Å². The Kier molecular flexibility index (Phi) is 7.11. The number of esters is 1. The van der Waals surface area contributed by atoms with Crippen molar-refractivity contribution in [3.05, 3.63) is 70.4 Å². The molecule has 0 aliphatic heterocycles. The van der Waals surface area contributed by atoms with E-state index >= 15 is 0 Å². The molecule has 0 radical (unpaired) electrons. The second-order valence-electron chi connectivity index (χ2n) is 7.95. The maximum atomic E-state index is 12.5. The molecule has 4 rings (SSSR count). The first kappa shape index (κ1) is 23.0. The largest absolute Gasteiger partial charge is 0.497 e. The monoisotopic (exact) mass is 478 g/mol. The molecular formula is C26H26N2O3S2. The molecule has 5 nitrogen and oxygen atoms in total. The first-order chi connectivity index (χ1) is 16.0. The predicted molar refractivity (Wildman–Crippen MR) is 137 cm³/mol. The zero-order valence-corrected chi connectivity index (χ0v) is 20.7. The Hall–Kier alpha value is -3.16. The lowest BCUT2D eigenvalue weighted by Gasteiger charge is -2.06. The standard InChI is InChI=1S/C26H26N2O3S2/c1-16(2)14-22-23(18-10-12-19(30-3)13-11-18)28-26(33-22)27-20-15-21(17-8-6-5-7-9-17)32-24(20)25(29)31-4/h5-13,15-16H,14H2,1-4H3,(H,27,28). The number of anilines is 2. The quantitative estimate of drug-likeness (QED) is 0.270. The number of hydrogen-bond donors (Lipinski definition) is 1. The third kappa shape index (κ3) is 5.26. The fraction of sp³-hybridized carbons (Fsp3) is 0.231. The van der Waals surface area contributed by atoms with E-state index in [2.05, 4.69) is 19.2 Å². The van der Waals surface area contributed by atoms with Gasteiger partial charge in [-0.3, -0.25) is 0 Å². The number of thiazole rings is 1. The zero-order valence-electron chi connectivity index (χ0n) is 19.0. The minimum atomic E-state index is -0.362. The number of rotatable bonds is 8. The molecule has 0 amide bonds. The van der Waals surface area contributed by atoms with Crippen LogP contribution in [0.4, 0.5) is 10.8 Å². The van der Waals surface area contributed by atoms with Gasteiger partial charge in [0.25, 0.3) is 0 Å². The Morgan fingerprint density at radius 1 is 1.00 bits per heavy atom. The fourth-order valence-corrected chi connectivity index (χ4v) is 5.72. The molecule has 33 heavy (non-hydrogen) atoms. The highest BCUT2D eigenvalue weighted by atomic mass is 32.1. The summed E-state index contributed by atoms with van der Waals surface area (Å²) in [5, 5.41) is 4.15. The van der Waals surface area contributed by atoms with Gasteiger partial charge in [-0.2, -0.15) is 0 Å². The van der Waals surface area contributed by atoms with Gasteiger partial charge in [-0.1, -0.05) is 44.2 Å². The van der Waals surface area contributed by atoms with E-state index in [0.717, 1.165) is 39.0 Å². The fourth-order valence-electron chi connectivity index (χ4n) is 3.48. The van der Waals surface area contributed by atoms with Crippen molar-refractivity contribution in [3.63, 3.8) is 0 Å². The summed E-state index contributed by atoms with van der Waals surface area (Å²) in [5.74, 6) is 0.943. The highest BCUT2D eigenvalue weighted by Crippen LogP contribution is 2.39. The first-order valence-electron chi connectivity index (χ1n) is 10.7. The van der Waals surface area contributed by atoms with Crippen LogP contribution in [0.5, 0.6) is 5.75 Å². The lowest BCUT2D eigenvalue weighted by atomic mass is 10.0. The molecule has 1 N–H and O–H groups in total. The third-order valence-electron chi connectivity index (χ3n) is 5.06. The van der Waals surface area contributed by atoms with Crippen LogP contribution in [0.15, 0.2) is 60.7 Å². The van der Waals surface area contributed by atoms with Gasteiger partial charge in [-0.15, -0.1) is 22.7 Å². The second kappa shape index (κ2) is 10.2. The number of methoxy groups -OCH3 is 2. The van der Waals surface area contributed by atoms with Gasteiger partial charge < -0.3 is 14.8 Å². The Labute approximate surface area is 202 Å². The molecule has 0 saturated carbocycles. The van der Waals surface area contributed by atoms with E-state index in [9.17, 15) is 4.79 Å². The number of carbonyl (C=O) groups is 1. The molecule has 0 bridgehead atoms. The topological polar surface area (TPSA) is 60.5 Å². The summed E-state index contributed by atoms with van der Waals surface area (Å²) in [5.41, 5.74) is 3.76. The van der Waals surface area contributed by atoms with Gasteiger partial charge in [-0.05, 0) is 48.2 Å². The summed E-state index contributed by atoms with van der Waals surface area (Å²) in [6, 6.07) is 19.9. The van der Waals surface area contributed by atoms with Crippen molar-refractivity contribution in [3.8, 4) is 27.4 Å². The summed E-state index contributed by atoms with van der Waals surface area (Å²) in [6.45, 7) is 4.40. The van der Waals surface area contributed by atoms with Crippen LogP contribution in [0.1, 0.15) is 28.4 Å². The lowest BCUT2D eigenvalue weighted by molar-refractivity contribution is 0.0607. The molecule has 0 spiro atoms. The van der Waals surface area contributed by atoms with Crippen LogP contribution >= 0.6 is 22.7 Å². The number of carbonyl (C=O) groups excluding carboxylic acids is 1. The zero-order chi connectivity index (χ0) is 23.4. The van der Waals surface area contributed by atoms with Gasteiger partial charge in [0.15, 0.2) is 5.13 Å². The van der Waals surface area contributed by atoms with E-state index in [-0.39, 0.29) is 5.97 Å². The molecule has 2 aromatic carbocycles. The Morgan fingerprint density at radius 3 is 2.36 bits per heavy atom. The lowest BCUT2D eigenvalue weighted by Crippen LogP contribution is -2.01. The Morgan fingerprint density at radius 2 is 1.73 bits per heavy atom. The van der Waals surface area contributed by atoms with Crippen molar-refractivity contribution >= 4 is 39.5 Å². The number of aromatic nitrogens is 1. The van der Waals surface area contributed by atoms with E-state index in [1.165, 1.54) is 23.3 Å². The minimum absolute atomic E-state index is 0.362. The smallest absolute Gasteiger partial charge is 0.350 e. The number of ether oxygens (including phenoxy) is 2. The maximum Gasteiger partial charge on any atom is 0.350 e. The van der Waals surface area contributed by atoms with Crippen molar-refractivity contribution in [1.82, 2.24) is 4.98 Å². The van der Waals surface area contributed by atoms with Crippen LogP contribution < -0.4 is 10.1 Å². The van der Waals surface area contributed by atoms with E-state index in [0.29, 0.717) is 16.5 Å². The van der Waals surface area contributed by atoms with Gasteiger partial charge in [0, 0.05) is 15.3 Å². The van der Waals surface area contributed by atoms with E-state index in [1.807, 2.05) is 60.7 Å². The molecule has 0 atom stereocenters. The summed E-state index contributed by atoms with van der Waals surface area (Å²) < 4.78 is 10.3. The summed E-state index contributed by atoms with van der Waals surface area (Å²) in [4.78, 5) is 20.1. The van der Waals surface area contributed by atoms with Gasteiger partial charge in [0.1, 0.15) is 10.6 Å². The molecule has 0 aliphatic carbocycles. The van der Waals surface area contributed by atoms with E-state index in [1.54, 1.807) is 18.4 Å². The SMILES string of the molecule is COC(=O)c1sc(-c2ccccc2)cc1Nc1nc(-c2ccc(OC)cc2)c(CC(C)C)s1. The van der Waals surface area contributed by atoms with Gasteiger partial charge in [0.2, 0.25) is 0 Å². The molecule has 4 aromatic rings. The third-order valence-corrected chi connectivity index (χ3v) is 7.21. The van der Waals surface area contributed by atoms with Crippen LogP contribution in [0.2, 0.25) is 0 Å². The highest BCUT2D eigenvalue weighted by molar-refractivity contribution is 7.18. The Balaban J connectivity index is 1.71. The van der Waals surface area contributed by atoms with Crippen molar-refractivity contribution in [2.75, 3.05) is 19.5 Å². The molecule has 0 unspecified atom stereocenters. The van der Waals surface area contributed by atoms with Crippen molar-refractivity contribution in [2.24, 2.45) is 5.92 Å². The van der Waals surface area contributed by atoms with Crippen molar-refractivity contribution < 1.29 is 14.3 Å². The maximum absolute atomic E-state index is 12.5. The molecule has 0 aliphatic rings. The van der Waals surface area contributed by atoms with Crippen molar-refractivity contribution in [1.29, 1.82) is 0 Å². The summed E-state index contributed by atoms with van der Waals surface area (Å²) in [6.07, 6.45) is 0.920. The summed E-state index contributed by atoms with van der Waals surface area (Å²) in [7, 11) is 3.06. The average molecular weight is 479 g/mol. The molecule has 170 valence electrons. The molecular weight excluding hydrogens is 452 g/mol. The number of nitrogens with zero attached hydrogens (tertiary/aromatic N) is 1. The number of hydrogen-bond acceptors (Lipinski definition) is 7. The van der Waals surface area contributed by atoms with Crippen LogP contribution in [-0.4, -0.2) is 25.2 Å². The van der Waals surface area contributed by atoms with Crippen LogP contribution in [0.25, 0.3) is 21.7 Å². The average Bonchev–Trinajstić information content (AvgIpc) is 3.43. The van der Waals surface area contributed by atoms with Crippen molar-refractivity contribution in [2.45, 2.75) is 20.3 Å². The van der Waals surface area contributed by atoms with Gasteiger partial charge in [-0.25, -0.2) is 9.78 Å². The summed E-state index contributed by atoms with van der Waals surface area (Å²) >= 11 is 3.03. The number of thiophene rings is 1.